The number of rotatable bonds is 8. The lowest BCUT2D eigenvalue weighted by molar-refractivity contribution is -0.144. The Morgan fingerprint density at radius 1 is 1.33 bits per heavy atom. The van der Waals surface area contributed by atoms with Gasteiger partial charge in [-0.25, -0.2) is 0 Å². The van der Waals surface area contributed by atoms with Crippen molar-refractivity contribution in [2.24, 2.45) is 5.16 Å². The van der Waals surface area contributed by atoms with Crippen LogP contribution in [0.2, 0.25) is 5.02 Å². The van der Waals surface area contributed by atoms with E-state index < -0.39 is 0 Å². The van der Waals surface area contributed by atoms with E-state index in [1.165, 1.54) is 6.92 Å². The van der Waals surface area contributed by atoms with Crippen molar-refractivity contribution in [1.29, 1.82) is 0 Å². The molecule has 3 rings (SSSR count). The SMILES string of the molecule is CC(=O)c1cc(Cl)ccc1OCC1CN(C(=O)CON=C(C)c2cccs2)CCO1. The number of amides is 1. The van der Waals surface area contributed by atoms with E-state index in [0.717, 1.165) is 10.6 Å². The standard InChI is InChI=1S/C21H23ClN2O5S/c1-14(20-4-3-9-30-20)23-29-13-21(26)24-7-8-27-17(11-24)12-28-19-6-5-16(22)10-18(19)15(2)25/h3-6,9-10,17H,7-8,11-13H2,1-2H3. The zero-order chi connectivity index (χ0) is 21.5. The highest BCUT2D eigenvalue weighted by Gasteiger charge is 2.25. The van der Waals surface area contributed by atoms with E-state index in [4.69, 9.17) is 25.9 Å². The number of halogens is 1. The molecule has 0 bridgehead atoms. The summed E-state index contributed by atoms with van der Waals surface area (Å²) in [7, 11) is 0. The molecule has 1 aromatic carbocycles. The lowest BCUT2D eigenvalue weighted by atomic mass is 10.1. The third-order valence-electron chi connectivity index (χ3n) is 4.50. The van der Waals surface area contributed by atoms with Crippen LogP contribution in [0.3, 0.4) is 0 Å². The molecule has 30 heavy (non-hydrogen) atoms. The number of hydrogen-bond donors (Lipinski definition) is 0. The number of carbonyl (C=O) groups excluding carboxylic acids is 2. The highest BCUT2D eigenvalue weighted by atomic mass is 35.5. The summed E-state index contributed by atoms with van der Waals surface area (Å²) in [5.41, 5.74) is 1.15. The average molecular weight is 451 g/mol. The first kappa shape index (κ1) is 22.3. The quantitative estimate of drug-likeness (QED) is 0.348. The van der Waals surface area contributed by atoms with Crippen molar-refractivity contribution in [3.8, 4) is 5.75 Å². The summed E-state index contributed by atoms with van der Waals surface area (Å²) < 4.78 is 11.5. The molecule has 1 atom stereocenters. The van der Waals surface area contributed by atoms with E-state index in [2.05, 4.69) is 5.16 Å². The van der Waals surface area contributed by atoms with Crippen LogP contribution in [0.1, 0.15) is 29.1 Å². The minimum absolute atomic E-state index is 0.135. The third-order valence-corrected chi connectivity index (χ3v) is 5.72. The molecule has 0 radical (unpaired) electrons. The largest absolute Gasteiger partial charge is 0.490 e. The molecule has 0 saturated carbocycles. The van der Waals surface area contributed by atoms with Gasteiger partial charge in [-0.05, 0) is 43.5 Å². The first-order chi connectivity index (χ1) is 14.4. The fourth-order valence-electron chi connectivity index (χ4n) is 2.94. The summed E-state index contributed by atoms with van der Waals surface area (Å²) in [5, 5.41) is 6.44. The van der Waals surface area contributed by atoms with Gasteiger partial charge in [-0.15, -0.1) is 11.3 Å². The second kappa shape index (κ2) is 10.6. The summed E-state index contributed by atoms with van der Waals surface area (Å²) in [4.78, 5) is 32.1. The predicted octanol–water partition coefficient (Wildman–Crippen LogP) is 3.65. The van der Waals surface area contributed by atoms with Gasteiger partial charge in [0.1, 0.15) is 18.5 Å². The smallest absolute Gasteiger partial charge is 0.263 e. The summed E-state index contributed by atoms with van der Waals surface area (Å²) in [5.74, 6) is 0.145. The molecule has 7 nitrogen and oxygen atoms in total. The van der Waals surface area contributed by atoms with E-state index in [9.17, 15) is 9.59 Å². The first-order valence-corrected chi connectivity index (χ1v) is 10.7. The molecule has 1 aliphatic heterocycles. The Morgan fingerprint density at radius 2 is 2.17 bits per heavy atom. The molecule has 1 fully saturated rings. The van der Waals surface area contributed by atoms with Gasteiger partial charge in [-0.3, -0.25) is 9.59 Å². The van der Waals surface area contributed by atoms with Gasteiger partial charge in [0.05, 0.1) is 29.3 Å². The maximum atomic E-state index is 12.4. The van der Waals surface area contributed by atoms with Gasteiger partial charge in [0.2, 0.25) is 0 Å². The highest BCUT2D eigenvalue weighted by Crippen LogP contribution is 2.24. The molecule has 160 valence electrons. The van der Waals surface area contributed by atoms with Crippen LogP contribution in [0.25, 0.3) is 0 Å². The topological polar surface area (TPSA) is 77.4 Å². The molecule has 0 spiro atoms. The summed E-state index contributed by atoms with van der Waals surface area (Å²) in [6, 6.07) is 8.78. The van der Waals surface area contributed by atoms with Crippen LogP contribution in [-0.2, 0) is 14.4 Å². The Bertz CT molecular complexity index is 916. The molecule has 0 aliphatic carbocycles. The van der Waals surface area contributed by atoms with Crippen molar-refractivity contribution in [1.82, 2.24) is 4.90 Å². The fraction of sp³-hybridized carbons (Fsp3) is 0.381. The molecule has 1 amide bonds. The molecular weight excluding hydrogens is 428 g/mol. The number of benzene rings is 1. The van der Waals surface area contributed by atoms with Crippen molar-refractivity contribution in [2.45, 2.75) is 20.0 Å². The molecule has 1 unspecified atom stereocenters. The van der Waals surface area contributed by atoms with Crippen LogP contribution in [-0.4, -0.2) is 61.3 Å². The van der Waals surface area contributed by atoms with Gasteiger partial charge < -0.3 is 19.2 Å². The van der Waals surface area contributed by atoms with E-state index in [-0.39, 0.29) is 31.0 Å². The lowest BCUT2D eigenvalue weighted by Gasteiger charge is -2.32. The van der Waals surface area contributed by atoms with Gasteiger partial charge in [-0.2, -0.15) is 0 Å². The summed E-state index contributed by atoms with van der Waals surface area (Å²) in [6.07, 6.45) is -0.311. The number of ketones is 1. The van der Waals surface area contributed by atoms with Crippen molar-refractivity contribution in [2.75, 3.05) is 32.9 Å². The summed E-state index contributed by atoms with van der Waals surface area (Å²) in [6.45, 7) is 4.62. The Morgan fingerprint density at radius 3 is 2.90 bits per heavy atom. The highest BCUT2D eigenvalue weighted by molar-refractivity contribution is 7.12. The summed E-state index contributed by atoms with van der Waals surface area (Å²) >= 11 is 7.52. The van der Waals surface area contributed by atoms with Gasteiger partial charge in [0.25, 0.3) is 5.91 Å². The molecule has 0 N–H and O–H groups in total. The molecular formula is C21H23ClN2O5S. The van der Waals surface area contributed by atoms with Crippen LogP contribution in [0.4, 0.5) is 0 Å². The number of nitrogens with zero attached hydrogens (tertiary/aromatic N) is 2. The van der Waals surface area contributed by atoms with E-state index in [0.29, 0.717) is 36.0 Å². The van der Waals surface area contributed by atoms with Crippen molar-refractivity contribution >= 4 is 40.3 Å². The van der Waals surface area contributed by atoms with E-state index >= 15 is 0 Å². The Hall–Kier alpha value is -2.42. The van der Waals surface area contributed by atoms with Gasteiger partial charge in [0.15, 0.2) is 12.4 Å². The maximum absolute atomic E-state index is 12.4. The molecule has 9 heteroatoms. The van der Waals surface area contributed by atoms with Gasteiger partial charge in [-0.1, -0.05) is 22.8 Å². The Kier molecular flexibility index (Phi) is 7.84. The Balaban J connectivity index is 1.50. The number of oxime groups is 1. The van der Waals surface area contributed by atoms with Crippen molar-refractivity contribution < 1.29 is 23.9 Å². The second-order valence-corrected chi connectivity index (χ2v) is 8.15. The first-order valence-electron chi connectivity index (χ1n) is 9.47. The van der Waals surface area contributed by atoms with Gasteiger partial charge >= 0.3 is 0 Å². The van der Waals surface area contributed by atoms with Crippen molar-refractivity contribution in [3.05, 3.63) is 51.2 Å². The number of thiophene rings is 1. The van der Waals surface area contributed by atoms with Crippen LogP contribution < -0.4 is 4.74 Å². The molecule has 1 aliphatic rings. The number of hydrogen-bond acceptors (Lipinski definition) is 7. The zero-order valence-corrected chi connectivity index (χ0v) is 18.4. The molecule has 2 aromatic rings. The minimum Gasteiger partial charge on any atom is -0.490 e. The maximum Gasteiger partial charge on any atom is 0.263 e. The van der Waals surface area contributed by atoms with Gasteiger partial charge in [0, 0.05) is 11.6 Å². The molecule has 1 saturated heterocycles. The predicted molar refractivity (Wildman–Crippen MR) is 116 cm³/mol. The monoisotopic (exact) mass is 450 g/mol. The number of ether oxygens (including phenoxy) is 2. The van der Waals surface area contributed by atoms with E-state index in [1.54, 1.807) is 34.4 Å². The van der Waals surface area contributed by atoms with Crippen LogP contribution in [0.15, 0.2) is 40.9 Å². The van der Waals surface area contributed by atoms with Crippen LogP contribution >= 0.6 is 22.9 Å². The normalized spacial score (nSPS) is 17.0. The second-order valence-electron chi connectivity index (χ2n) is 6.77. The van der Waals surface area contributed by atoms with E-state index in [1.807, 2.05) is 24.4 Å². The third kappa shape index (κ3) is 6.04. The minimum atomic E-state index is -0.311. The number of morpholine rings is 1. The average Bonchev–Trinajstić information content (AvgIpc) is 3.28. The van der Waals surface area contributed by atoms with Crippen molar-refractivity contribution in [3.63, 3.8) is 0 Å². The zero-order valence-electron chi connectivity index (χ0n) is 16.8. The fourth-order valence-corrected chi connectivity index (χ4v) is 3.78. The number of carbonyl (C=O) groups is 2. The van der Waals surface area contributed by atoms with Crippen LogP contribution in [0.5, 0.6) is 5.75 Å². The lowest BCUT2D eigenvalue weighted by Crippen LogP contribution is -2.48. The molecule has 1 aromatic heterocycles. The Labute approximate surface area is 184 Å². The van der Waals surface area contributed by atoms with Crippen LogP contribution in [0, 0.1) is 0 Å². The number of Topliss-reactive ketones (excluding diaryl/α,β-unsaturated/α-hetero) is 1. The molecule has 2 heterocycles.